The third-order valence-corrected chi connectivity index (χ3v) is 3.37. The zero-order valence-corrected chi connectivity index (χ0v) is 10.00. The van der Waals surface area contributed by atoms with Gasteiger partial charge in [0, 0.05) is 6.04 Å². The highest BCUT2D eigenvalue weighted by Gasteiger charge is 2.23. The van der Waals surface area contributed by atoms with E-state index in [4.69, 9.17) is 4.42 Å². The average Bonchev–Trinajstić information content (AvgIpc) is 3.03. The van der Waals surface area contributed by atoms with Gasteiger partial charge in [0.15, 0.2) is 5.58 Å². The summed E-state index contributed by atoms with van der Waals surface area (Å²) in [6.45, 7) is 0. The number of amides is 1. The summed E-state index contributed by atoms with van der Waals surface area (Å²) in [5, 5.41) is 3.48. The van der Waals surface area contributed by atoms with Crippen LogP contribution in [0.3, 0.4) is 0 Å². The fourth-order valence-corrected chi connectivity index (χ4v) is 2.19. The molecular weight excluding hydrogens is 236 g/mol. The monoisotopic (exact) mass is 248 g/mol. The molecule has 1 aromatic carbocycles. The van der Waals surface area contributed by atoms with E-state index in [-0.39, 0.29) is 5.91 Å². The van der Waals surface area contributed by atoms with Crippen molar-refractivity contribution in [1.82, 2.24) is 10.3 Å². The first-order chi connectivity index (χ1) is 8.31. The SMILES string of the molecule is O=C(CSc1nc2ccccc2o1)NC1CC1. The number of para-hydroxylation sites is 2. The number of carbonyl (C=O) groups is 1. The van der Waals surface area contributed by atoms with E-state index in [0.717, 1.165) is 23.9 Å². The van der Waals surface area contributed by atoms with Gasteiger partial charge < -0.3 is 9.73 Å². The van der Waals surface area contributed by atoms with E-state index in [1.807, 2.05) is 24.3 Å². The summed E-state index contributed by atoms with van der Waals surface area (Å²) in [6.07, 6.45) is 2.22. The van der Waals surface area contributed by atoms with Crippen LogP contribution in [-0.4, -0.2) is 22.7 Å². The maximum Gasteiger partial charge on any atom is 0.257 e. The van der Waals surface area contributed by atoms with Crippen molar-refractivity contribution in [1.29, 1.82) is 0 Å². The standard InChI is InChI=1S/C12H12N2O2S/c15-11(13-8-5-6-8)7-17-12-14-9-3-1-2-4-10(9)16-12/h1-4,8H,5-7H2,(H,13,15). The number of oxazole rings is 1. The van der Waals surface area contributed by atoms with Crippen LogP contribution in [0, 0.1) is 0 Å². The summed E-state index contributed by atoms with van der Waals surface area (Å²) in [5.41, 5.74) is 1.59. The molecule has 1 amide bonds. The lowest BCUT2D eigenvalue weighted by molar-refractivity contribution is -0.118. The average molecular weight is 248 g/mol. The Hall–Kier alpha value is -1.49. The number of nitrogens with one attached hydrogen (secondary N) is 1. The van der Waals surface area contributed by atoms with Gasteiger partial charge in [-0.3, -0.25) is 4.79 Å². The second-order valence-corrected chi connectivity index (χ2v) is 5.00. The molecule has 0 unspecified atom stereocenters. The molecule has 1 aliphatic carbocycles. The van der Waals surface area contributed by atoms with Crippen LogP contribution in [0.2, 0.25) is 0 Å². The number of fused-ring (bicyclic) bond motifs is 1. The first-order valence-corrected chi connectivity index (χ1v) is 6.57. The Kier molecular flexibility index (Phi) is 2.76. The van der Waals surface area contributed by atoms with Crippen molar-refractivity contribution >= 4 is 28.8 Å². The van der Waals surface area contributed by atoms with Gasteiger partial charge in [-0.05, 0) is 25.0 Å². The summed E-state index contributed by atoms with van der Waals surface area (Å²) in [4.78, 5) is 15.8. The summed E-state index contributed by atoms with van der Waals surface area (Å²) in [7, 11) is 0. The zero-order valence-electron chi connectivity index (χ0n) is 9.18. The minimum Gasteiger partial charge on any atom is -0.431 e. The fraction of sp³-hybridized carbons (Fsp3) is 0.333. The van der Waals surface area contributed by atoms with Gasteiger partial charge in [0.25, 0.3) is 5.22 Å². The molecule has 1 fully saturated rings. The molecule has 2 aromatic rings. The molecule has 0 bridgehead atoms. The largest absolute Gasteiger partial charge is 0.431 e. The van der Waals surface area contributed by atoms with Crippen molar-refractivity contribution < 1.29 is 9.21 Å². The maximum atomic E-state index is 11.5. The summed E-state index contributed by atoms with van der Waals surface area (Å²) < 4.78 is 5.51. The summed E-state index contributed by atoms with van der Waals surface area (Å²) in [6, 6.07) is 8.00. The third kappa shape index (κ3) is 2.61. The minimum atomic E-state index is 0.0553. The molecule has 0 atom stereocenters. The molecule has 1 aliphatic rings. The Morgan fingerprint density at radius 2 is 2.29 bits per heavy atom. The molecule has 1 N–H and O–H groups in total. The predicted molar refractivity (Wildman–Crippen MR) is 65.9 cm³/mol. The van der Waals surface area contributed by atoms with Crippen molar-refractivity contribution in [3.8, 4) is 0 Å². The van der Waals surface area contributed by atoms with Gasteiger partial charge in [0.2, 0.25) is 5.91 Å². The number of rotatable bonds is 4. The fourth-order valence-electron chi connectivity index (χ4n) is 1.54. The van der Waals surface area contributed by atoms with Gasteiger partial charge in [-0.2, -0.15) is 0 Å². The van der Waals surface area contributed by atoms with Crippen molar-refractivity contribution in [2.24, 2.45) is 0 Å². The second kappa shape index (κ2) is 4.41. The van der Waals surface area contributed by atoms with Gasteiger partial charge in [-0.1, -0.05) is 23.9 Å². The normalized spacial score (nSPS) is 15.1. The Balaban J connectivity index is 1.61. The van der Waals surface area contributed by atoms with E-state index in [1.165, 1.54) is 11.8 Å². The molecule has 4 nitrogen and oxygen atoms in total. The smallest absolute Gasteiger partial charge is 0.257 e. The molecule has 0 aliphatic heterocycles. The molecule has 1 aromatic heterocycles. The molecule has 1 saturated carbocycles. The van der Waals surface area contributed by atoms with Crippen LogP contribution in [0.4, 0.5) is 0 Å². The summed E-state index contributed by atoms with van der Waals surface area (Å²) >= 11 is 1.33. The lowest BCUT2D eigenvalue weighted by Gasteiger charge is -1.99. The van der Waals surface area contributed by atoms with Crippen LogP contribution in [0.1, 0.15) is 12.8 Å². The lowest BCUT2D eigenvalue weighted by Crippen LogP contribution is -2.26. The number of carbonyl (C=O) groups excluding carboxylic acids is 1. The van der Waals surface area contributed by atoms with Gasteiger partial charge in [-0.15, -0.1) is 0 Å². The molecule has 5 heteroatoms. The first-order valence-electron chi connectivity index (χ1n) is 5.59. The van der Waals surface area contributed by atoms with Crippen molar-refractivity contribution in [2.75, 3.05) is 5.75 Å². The quantitative estimate of drug-likeness (QED) is 0.843. The van der Waals surface area contributed by atoms with E-state index in [9.17, 15) is 4.79 Å². The number of hydrogen-bond acceptors (Lipinski definition) is 4. The second-order valence-electron chi connectivity index (χ2n) is 4.08. The molecule has 0 spiro atoms. The van der Waals surface area contributed by atoms with Crippen LogP contribution < -0.4 is 5.32 Å². The zero-order chi connectivity index (χ0) is 11.7. The number of aromatic nitrogens is 1. The first kappa shape index (κ1) is 10.7. The molecular formula is C12H12N2O2S. The molecule has 3 rings (SSSR count). The van der Waals surface area contributed by atoms with Gasteiger partial charge in [0.1, 0.15) is 5.52 Å². The predicted octanol–water partition coefficient (Wildman–Crippen LogP) is 2.20. The molecule has 0 saturated heterocycles. The molecule has 17 heavy (non-hydrogen) atoms. The Bertz CT molecular complexity index is 515. The Labute approximate surface area is 103 Å². The Morgan fingerprint density at radius 3 is 3.06 bits per heavy atom. The lowest BCUT2D eigenvalue weighted by atomic mass is 10.3. The topological polar surface area (TPSA) is 55.1 Å². The minimum absolute atomic E-state index is 0.0553. The van der Waals surface area contributed by atoms with Crippen LogP contribution >= 0.6 is 11.8 Å². The van der Waals surface area contributed by atoms with Gasteiger partial charge in [-0.25, -0.2) is 4.98 Å². The van der Waals surface area contributed by atoms with Crippen molar-refractivity contribution in [2.45, 2.75) is 24.1 Å². The maximum absolute atomic E-state index is 11.5. The van der Waals surface area contributed by atoms with E-state index in [0.29, 0.717) is 17.0 Å². The number of hydrogen-bond donors (Lipinski definition) is 1. The molecule has 88 valence electrons. The summed E-state index contributed by atoms with van der Waals surface area (Å²) in [5.74, 6) is 0.420. The van der Waals surface area contributed by atoms with E-state index in [1.54, 1.807) is 0 Å². The molecule has 1 heterocycles. The number of thioether (sulfide) groups is 1. The van der Waals surface area contributed by atoms with E-state index < -0.39 is 0 Å². The third-order valence-electron chi connectivity index (χ3n) is 2.54. The number of benzene rings is 1. The van der Waals surface area contributed by atoms with Gasteiger partial charge in [0.05, 0.1) is 5.75 Å². The highest BCUT2D eigenvalue weighted by molar-refractivity contribution is 7.99. The van der Waals surface area contributed by atoms with Crippen LogP contribution in [0.15, 0.2) is 33.9 Å². The Morgan fingerprint density at radius 1 is 1.47 bits per heavy atom. The van der Waals surface area contributed by atoms with Crippen molar-refractivity contribution in [3.63, 3.8) is 0 Å². The highest BCUT2D eigenvalue weighted by atomic mass is 32.2. The van der Waals surface area contributed by atoms with Crippen LogP contribution in [0.25, 0.3) is 11.1 Å². The molecule has 0 radical (unpaired) electrons. The van der Waals surface area contributed by atoms with Crippen LogP contribution in [-0.2, 0) is 4.79 Å². The van der Waals surface area contributed by atoms with E-state index in [2.05, 4.69) is 10.3 Å². The van der Waals surface area contributed by atoms with E-state index >= 15 is 0 Å². The van der Waals surface area contributed by atoms with Gasteiger partial charge >= 0.3 is 0 Å². The van der Waals surface area contributed by atoms with Crippen molar-refractivity contribution in [3.05, 3.63) is 24.3 Å². The number of nitrogens with zero attached hydrogens (tertiary/aromatic N) is 1. The van der Waals surface area contributed by atoms with Crippen LogP contribution in [0.5, 0.6) is 0 Å². The highest BCUT2D eigenvalue weighted by Crippen LogP contribution is 2.23.